The largest absolute Gasteiger partial charge is 0.494 e. The zero-order valence-electron chi connectivity index (χ0n) is 10.9. The summed E-state index contributed by atoms with van der Waals surface area (Å²) in [5, 5.41) is 17.9. The summed E-state index contributed by atoms with van der Waals surface area (Å²) < 4.78 is 29.5. The molecule has 102 valence electrons. The summed E-state index contributed by atoms with van der Waals surface area (Å²) in [6.07, 6.45) is 0.833. The van der Waals surface area contributed by atoms with Gasteiger partial charge in [-0.25, -0.2) is 8.42 Å². The van der Waals surface area contributed by atoms with Crippen molar-refractivity contribution in [1.29, 1.82) is 10.5 Å². The van der Waals surface area contributed by atoms with Crippen LogP contribution >= 0.6 is 0 Å². The predicted molar refractivity (Wildman–Crippen MR) is 72.4 cm³/mol. The predicted octanol–water partition coefficient (Wildman–Crippen LogP) is 2.06. The molecular formula is C14H12N2O3S. The van der Waals surface area contributed by atoms with Crippen molar-refractivity contribution in [3.8, 4) is 17.9 Å². The third-order valence-electron chi connectivity index (χ3n) is 2.94. The zero-order chi connectivity index (χ0) is 14.8. The fraction of sp³-hybridized carbons (Fsp3) is 0.286. The Kier molecular flexibility index (Phi) is 3.78. The molecule has 0 atom stereocenters. The number of sulfone groups is 1. The van der Waals surface area contributed by atoms with Crippen molar-refractivity contribution >= 4 is 15.4 Å². The molecule has 0 saturated carbocycles. The zero-order valence-corrected chi connectivity index (χ0v) is 11.7. The summed E-state index contributed by atoms with van der Waals surface area (Å²) >= 11 is 0. The first kappa shape index (κ1) is 14.1. The monoisotopic (exact) mass is 288 g/mol. The van der Waals surface area contributed by atoms with Crippen LogP contribution in [0.3, 0.4) is 0 Å². The molecule has 0 radical (unpaired) electrons. The summed E-state index contributed by atoms with van der Waals surface area (Å²) in [7, 11) is -3.47. The van der Waals surface area contributed by atoms with Crippen molar-refractivity contribution < 1.29 is 13.2 Å². The van der Waals surface area contributed by atoms with Crippen LogP contribution in [0.25, 0.3) is 5.57 Å². The van der Waals surface area contributed by atoms with E-state index < -0.39 is 9.84 Å². The van der Waals surface area contributed by atoms with Gasteiger partial charge in [0.05, 0.1) is 17.3 Å². The molecule has 0 amide bonds. The molecule has 0 spiro atoms. The molecule has 1 aromatic rings. The lowest BCUT2D eigenvalue weighted by Gasteiger charge is -2.06. The molecule has 0 N–H and O–H groups in total. The van der Waals surface area contributed by atoms with Gasteiger partial charge in [-0.15, -0.1) is 0 Å². The third kappa shape index (κ3) is 2.38. The SMILES string of the molecule is CCCOc1ccc2c(c1)C(=C(C#N)C#N)CS2(=O)=O. The van der Waals surface area contributed by atoms with Gasteiger partial charge in [0.25, 0.3) is 0 Å². The van der Waals surface area contributed by atoms with E-state index >= 15 is 0 Å². The molecule has 1 aromatic carbocycles. The first-order valence-electron chi connectivity index (χ1n) is 6.06. The second-order valence-corrected chi connectivity index (χ2v) is 6.30. The molecule has 0 fully saturated rings. The van der Waals surface area contributed by atoms with Crippen molar-refractivity contribution in [2.75, 3.05) is 12.4 Å². The van der Waals surface area contributed by atoms with E-state index in [0.717, 1.165) is 6.42 Å². The van der Waals surface area contributed by atoms with Gasteiger partial charge in [-0.3, -0.25) is 0 Å². The van der Waals surface area contributed by atoms with Gasteiger partial charge in [0.2, 0.25) is 0 Å². The Balaban J connectivity index is 2.61. The van der Waals surface area contributed by atoms with Crippen molar-refractivity contribution in [2.24, 2.45) is 0 Å². The molecule has 0 saturated heterocycles. The van der Waals surface area contributed by atoms with Crippen LogP contribution in [0.1, 0.15) is 18.9 Å². The number of nitrogens with zero attached hydrogens (tertiary/aromatic N) is 2. The van der Waals surface area contributed by atoms with E-state index in [2.05, 4.69) is 0 Å². The maximum Gasteiger partial charge on any atom is 0.183 e. The van der Waals surface area contributed by atoms with Crippen molar-refractivity contribution in [3.63, 3.8) is 0 Å². The normalized spacial score (nSPS) is 15.1. The molecule has 2 rings (SSSR count). The van der Waals surface area contributed by atoms with Gasteiger partial charge in [-0.2, -0.15) is 10.5 Å². The van der Waals surface area contributed by atoms with Crippen LogP contribution in [0.15, 0.2) is 28.7 Å². The molecule has 6 heteroatoms. The second-order valence-electron chi connectivity index (χ2n) is 4.34. The van der Waals surface area contributed by atoms with Crippen molar-refractivity contribution in [1.82, 2.24) is 0 Å². The summed E-state index contributed by atoms with van der Waals surface area (Å²) in [5.74, 6) is 0.228. The lowest BCUT2D eigenvalue weighted by molar-refractivity contribution is 0.317. The van der Waals surface area contributed by atoms with Gasteiger partial charge < -0.3 is 4.74 Å². The van der Waals surface area contributed by atoms with Gasteiger partial charge in [0.1, 0.15) is 23.5 Å². The quantitative estimate of drug-likeness (QED) is 0.794. The minimum absolute atomic E-state index is 0.152. The lowest BCUT2D eigenvalue weighted by Crippen LogP contribution is -1.99. The number of allylic oxidation sites excluding steroid dienone is 1. The second kappa shape index (κ2) is 5.36. The number of hydrogen-bond donors (Lipinski definition) is 0. The van der Waals surface area contributed by atoms with Crippen LogP contribution in [0.5, 0.6) is 5.75 Å². The maximum atomic E-state index is 12.0. The Bertz CT molecular complexity index is 749. The molecule has 0 aromatic heterocycles. The first-order chi connectivity index (χ1) is 9.53. The Morgan fingerprint density at radius 2 is 2.05 bits per heavy atom. The highest BCUT2D eigenvalue weighted by Gasteiger charge is 2.33. The summed E-state index contributed by atoms with van der Waals surface area (Å²) in [5.41, 5.74) is 0.489. The number of fused-ring (bicyclic) bond motifs is 1. The standard InChI is InChI=1S/C14H12N2O3S/c1-2-5-19-11-3-4-14-12(6-11)13(9-20(14,17)18)10(7-15)8-16/h3-4,6H,2,5,9H2,1H3. The minimum atomic E-state index is -3.47. The van der Waals surface area contributed by atoms with E-state index in [1.54, 1.807) is 24.3 Å². The molecule has 20 heavy (non-hydrogen) atoms. The summed E-state index contributed by atoms with van der Waals surface area (Å²) in [6.45, 7) is 2.49. The van der Waals surface area contributed by atoms with Crippen molar-refractivity contribution in [2.45, 2.75) is 18.2 Å². The average Bonchev–Trinajstić information content (AvgIpc) is 2.70. The fourth-order valence-corrected chi connectivity index (χ4v) is 3.67. The molecular weight excluding hydrogens is 276 g/mol. The number of rotatable bonds is 3. The lowest BCUT2D eigenvalue weighted by atomic mass is 10.0. The van der Waals surface area contributed by atoms with Crippen LogP contribution in [0.4, 0.5) is 0 Å². The van der Waals surface area contributed by atoms with Crippen molar-refractivity contribution in [3.05, 3.63) is 29.3 Å². The number of ether oxygens (including phenoxy) is 1. The van der Waals surface area contributed by atoms with Gasteiger partial charge in [0.15, 0.2) is 9.84 Å². The molecule has 1 heterocycles. The van der Waals surface area contributed by atoms with Crippen LogP contribution in [-0.4, -0.2) is 20.8 Å². The molecule has 1 aliphatic heterocycles. The van der Waals surface area contributed by atoms with E-state index in [-0.39, 0.29) is 21.8 Å². The average molecular weight is 288 g/mol. The number of nitriles is 2. The van der Waals surface area contributed by atoms with E-state index in [9.17, 15) is 8.42 Å². The van der Waals surface area contributed by atoms with E-state index in [0.29, 0.717) is 17.9 Å². The molecule has 1 aliphatic rings. The first-order valence-corrected chi connectivity index (χ1v) is 7.72. The maximum absolute atomic E-state index is 12.0. The molecule has 5 nitrogen and oxygen atoms in total. The number of hydrogen-bond acceptors (Lipinski definition) is 5. The number of benzene rings is 1. The van der Waals surface area contributed by atoms with E-state index in [1.807, 2.05) is 6.92 Å². The Morgan fingerprint density at radius 3 is 2.65 bits per heavy atom. The highest BCUT2D eigenvalue weighted by atomic mass is 32.2. The van der Waals surface area contributed by atoms with Crippen LogP contribution < -0.4 is 4.74 Å². The van der Waals surface area contributed by atoms with Crippen LogP contribution in [-0.2, 0) is 9.84 Å². The molecule has 0 bridgehead atoms. The van der Waals surface area contributed by atoms with Gasteiger partial charge in [-0.1, -0.05) is 6.92 Å². The van der Waals surface area contributed by atoms with Gasteiger partial charge in [0, 0.05) is 11.1 Å². The molecule has 0 unspecified atom stereocenters. The van der Waals surface area contributed by atoms with E-state index in [1.165, 1.54) is 6.07 Å². The summed E-state index contributed by atoms with van der Waals surface area (Å²) in [6, 6.07) is 8.14. The Morgan fingerprint density at radius 1 is 1.35 bits per heavy atom. The minimum Gasteiger partial charge on any atom is -0.494 e. The third-order valence-corrected chi connectivity index (χ3v) is 4.64. The fourth-order valence-electron chi connectivity index (χ4n) is 2.04. The highest BCUT2D eigenvalue weighted by molar-refractivity contribution is 7.92. The highest BCUT2D eigenvalue weighted by Crippen LogP contribution is 2.38. The summed E-state index contributed by atoms with van der Waals surface area (Å²) in [4.78, 5) is 0.152. The molecule has 0 aliphatic carbocycles. The van der Waals surface area contributed by atoms with Gasteiger partial charge >= 0.3 is 0 Å². The van der Waals surface area contributed by atoms with Crippen LogP contribution in [0.2, 0.25) is 0 Å². The smallest absolute Gasteiger partial charge is 0.183 e. The Labute approximate surface area is 117 Å². The van der Waals surface area contributed by atoms with Gasteiger partial charge in [-0.05, 0) is 24.6 Å². The van der Waals surface area contributed by atoms with E-state index in [4.69, 9.17) is 15.3 Å². The Hall–Kier alpha value is -2.31. The topological polar surface area (TPSA) is 90.9 Å². The van der Waals surface area contributed by atoms with Crippen LogP contribution in [0, 0.1) is 22.7 Å².